The molecule has 3 aromatic rings. The molecule has 0 aliphatic rings. The predicted octanol–water partition coefficient (Wildman–Crippen LogP) is 3.59. The van der Waals surface area contributed by atoms with E-state index in [4.69, 9.17) is 9.47 Å². The zero-order valence-electron chi connectivity index (χ0n) is 18.2. The number of nitrogens with zero attached hydrogens (tertiary/aromatic N) is 2. The van der Waals surface area contributed by atoms with Crippen molar-refractivity contribution < 1.29 is 24.0 Å². The molecule has 2 N–H and O–H groups in total. The van der Waals surface area contributed by atoms with Gasteiger partial charge in [0.05, 0.1) is 25.4 Å². The van der Waals surface area contributed by atoms with Crippen molar-refractivity contribution in [2.24, 2.45) is 5.10 Å². The molecular weight excluding hydrogens is 460 g/mol. The first-order valence-electron chi connectivity index (χ1n) is 9.78. The molecule has 0 unspecified atom stereocenters. The Morgan fingerprint density at radius 1 is 1.06 bits per heavy atom. The minimum Gasteiger partial charge on any atom is -0.496 e. The van der Waals surface area contributed by atoms with Gasteiger partial charge in [0, 0.05) is 28.1 Å². The number of benzene rings is 2. The summed E-state index contributed by atoms with van der Waals surface area (Å²) in [7, 11) is 2.69. The molecule has 2 amide bonds. The van der Waals surface area contributed by atoms with Crippen LogP contribution in [0.5, 0.6) is 11.5 Å². The second-order valence-corrected chi connectivity index (χ2v) is 7.60. The van der Waals surface area contributed by atoms with Gasteiger partial charge in [0.15, 0.2) is 0 Å². The van der Waals surface area contributed by atoms with Crippen molar-refractivity contribution in [1.29, 1.82) is 0 Å². The molecule has 0 aliphatic carbocycles. The third kappa shape index (κ3) is 6.04. The highest BCUT2D eigenvalue weighted by molar-refractivity contribution is 7.10. The molecule has 1 aromatic heterocycles. The summed E-state index contributed by atoms with van der Waals surface area (Å²) >= 11 is 1.39. The van der Waals surface area contributed by atoms with Gasteiger partial charge in [-0.3, -0.25) is 19.7 Å². The van der Waals surface area contributed by atoms with Gasteiger partial charge in [-0.1, -0.05) is 24.3 Å². The normalized spacial score (nSPS) is 11.2. The summed E-state index contributed by atoms with van der Waals surface area (Å²) < 4.78 is 10.2. The largest absolute Gasteiger partial charge is 0.496 e. The quantitative estimate of drug-likeness (QED) is 0.208. The van der Waals surface area contributed by atoms with Crippen molar-refractivity contribution in [3.8, 4) is 11.5 Å². The Labute approximate surface area is 198 Å². The molecule has 0 saturated heterocycles. The number of ether oxygens (including phenoxy) is 2. The highest BCUT2D eigenvalue weighted by atomic mass is 32.1. The summed E-state index contributed by atoms with van der Waals surface area (Å²) in [6.45, 7) is 0. The van der Waals surface area contributed by atoms with Gasteiger partial charge in [-0.2, -0.15) is 5.10 Å². The highest BCUT2D eigenvalue weighted by Crippen LogP contribution is 2.33. The van der Waals surface area contributed by atoms with Crippen LogP contribution in [0, 0.1) is 10.1 Å². The second-order valence-electron chi connectivity index (χ2n) is 6.62. The van der Waals surface area contributed by atoms with Crippen molar-refractivity contribution >= 4 is 41.1 Å². The van der Waals surface area contributed by atoms with Gasteiger partial charge in [0.25, 0.3) is 11.8 Å². The van der Waals surface area contributed by atoms with Crippen LogP contribution in [0.2, 0.25) is 0 Å². The van der Waals surface area contributed by atoms with E-state index < -0.39 is 16.7 Å². The Hall–Kier alpha value is -4.51. The average molecular weight is 481 g/mol. The third-order valence-electron chi connectivity index (χ3n) is 4.46. The highest BCUT2D eigenvalue weighted by Gasteiger charge is 2.19. The molecule has 174 valence electrons. The number of hydrogen-bond donors (Lipinski definition) is 2. The van der Waals surface area contributed by atoms with E-state index >= 15 is 0 Å². The number of carbonyl (C=O) groups excluding carboxylic acids is 2. The van der Waals surface area contributed by atoms with Crippen LogP contribution < -0.4 is 20.2 Å². The minimum atomic E-state index is -0.684. The summed E-state index contributed by atoms with van der Waals surface area (Å²) in [4.78, 5) is 36.8. The van der Waals surface area contributed by atoms with Crippen LogP contribution in [0.3, 0.4) is 0 Å². The van der Waals surface area contributed by atoms with Crippen LogP contribution in [-0.2, 0) is 4.79 Å². The maximum Gasteiger partial charge on any atom is 0.311 e. The first-order valence-corrected chi connectivity index (χ1v) is 10.7. The van der Waals surface area contributed by atoms with Crippen LogP contribution in [0.1, 0.15) is 20.8 Å². The number of nitro benzene ring substituents is 1. The van der Waals surface area contributed by atoms with E-state index in [1.54, 1.807) is 36.4 Å². The third-order valence-corrected chi connectivity index (χ3v) is 5.28. The number of hydrazone groups is 1. The fourth-order valence-electron chi connectivity index (χ4n) is 2.83. The molecule has 0 aliphatic heterocycles. The monoisotopic (exact) mass is 480 g/mol. The topological polar surface area (TPSA) is 132 Å². The first kappa shape index (κ1) is 24.1. The Bertz CT molecular complexity index is 1240. The van der Waals surface area contributed by atoms with E-state index in [1.165, 1.54) is 50.0 Å². The van der Waals surface area contributed by atoms with E-state index in [0.29, 0.717) is 5.56 Å². The van der Waals surface area contributed by atoms with Gasteiger partial charge in [-0.05, 0) is 29.7 Å². The van der Waals surface area contributed by atoms with Crippen LogP contribution >= 0.6 is 11.3 Å². The molecule has 0 spiro atoms. The number of thiophene rings is 1. The Kier molecular flexibility index (Phi) is 8.08. The van der Waals surface area contributed by atoms with E-state index in [2.05, 4.69) is 15.8 Å². The molecule has 0 atom stereocenters. The number of rotatable bonds is 9. The fourth-order valence-corrected chi connectivity index (χ4v) is 3.49. The SMILES string of the molecule is COc1cc(OC)c([N+](=O)[O-])cc1/C=N/NC(=O)/C(=C\c1cccs1)NC(=O)c1ccccc1. The maximum atomic E-state index is 12.8. The molecule has 0 saturated carbocycles. The zero-order valence-corrected chi connectivity index (χ0v) is 19.0. The van der Waals surface area contributed by atoms with E-state index in [1.807, 2.05) is 11.4 Å². The molecule has 0 fully saturated rings. The van der Waals surface area contributed by atoms with Crippen molar-refractivity contribution in [2.75, 3.05) is 14.2 Å². The number of methoxy groups -OCH3 is 2. The van der Waals surface area contributed by atoms with Gasteiger partial charge in [0.1, 0.15) is 11.4 Å². The first-order chi connectivity index (χ1) is 16.4. The summed E-state index contributed by atoms with van der Waals surface area (Å²) in [5, 5.41) is 19.6. The Morgan fingerprint density at radius 2 is 1.79 bits per heavy atom. The van der Waals surface area contributed by atoms with Crippen molar-refractivity contribution in [3.05, 3.63) is 91.8 Å². The molecule has 3 rings (SSSR count). The number of amides is 2. The van der Waals surface area contributed by atoms with Crippen LogP contribution in [0.25, 0.3) is 6.08 Å². The molecule has 0 radical (unpaired) electrons. The molecule has 34 heavy (non-hydrogen) atoms. The smallest absolute Gasteiger partial charge is 0.311 e. The molecule has 0 bridgehead atoms. The van der Waals surface area contributed by atoms with Gasteiger partial charge < -0.3 is 14.8 Å². The van der Waals surface area contributed by atoms with E-state index in [0.717, 1.165) is 4.88 Å². The van der Waals surface area contributed by atoms with Crippen LogP contribution in [-0.4, -0.2) is 37.2 Å². The Morgan fingerprint density at radius 3 is 2.41 bits per heavy atom. The van der Waals surface area contributed by atoms with Gasteiger partial charge in [-0.15, -0.1) is 11.3 Å². The number of hydrogen-bond acceptors (Lipinski definition) is 8. The van der Waals surface area contributed by atoms with Crippen LogP contribution in [0.15, 0.2) is 70.8 Å². The predicted molar refractivity (Wildman–Crippen MR) is 128 cm³/mol. The number of nitro groups is 1. The molecule has 2 aromatic carbocycles. The van der Waals surface area contributed by atoms with Gasteiger partial charge in [0.2, 0.25) is 5.75 Å². The molecule has 11 heteroatoms. The number of nitrogens with one attached hydrogen (secondary N) is 2. The fraction of sp³-hybridized carbons (Fsp3) is 0.0870. The minimum absolute atomic E-state index is 0.0211. The summed E-state index contributed by atoms with van der Waals surface area (Å²) in [6.07, 6.45) is 2.72. The average Bonchev–Trinajstić information content (AvgIpc) is 3.36. The lowest BCUT2D eigenvalue weighted by molar-refractivity contribution is -0.385. The molecule has 10 nitrogen and oxygen atoms in total. The standard InChI is InChI=1S/C23H20N4O6S/c1-32-20-13-21(33-2)19(27(30)31)11-16(20)14-24-26-23(29)18(12-17-9-6-10-34-17)25-22(28)15-7-4-3-5-8-15/h3-14H,1-2H3,(H,25,28)(H,26,29)/b18-12+,24-14+. The van der Waals surface area contributed by atoms with E-state index in [-0.39, 0.29) is 28.4 Å². The van der Waals surface area contributed by atoms with Gasteiger partial charge in [-0.25, -0.2) is 5.43 Å². The van der Waals surface area contributed by atoms with Gasteiger partial charge >= 0.3 is 5.69 Å². The lowest BCUT2D eigenvalue weighted by Gasteiger charge is -2.09. The second kappa shape index (κ2) is 11.4. The molecular formula is C23H20N4O6S. The summed E-state index contributed by atoms with van der Waals surface area (Å²) in [6, 6.07) is 14.6. The summed E-state index contributed by atoms with van der Waals surface area (Å²) in [5.41, 5.74) is 2.63. The lowest BCUT2D eigenvalue weighted by atomic mass is 10.1. The van der Waals surface area contributed by atoms with Crippen LogP contribution in [0.4, 0.5) is 5.69 Å². The molecule has 1 heterocycles. The van der Waals surface area contributed by atoms with Crippen molar-refractivity contribution in [1.82, 2.24) is 10.7 Å². The lowest BCUT2D eigenvalue weighted by Crippen LogP contribution is -2.32. The Balaban J connectivity index is 1.82. The van der Waals surface area contributed by atoms with Crippen molar-refractivity contribution in [2.45, 2.75) is 0 Å². The maximum absolute atomic E-state index is 12.8. The summed E-state index contributed by atoms with van der Waals surface area (Å²) in [5.74, 6) is -0.870. The number of carbonyl (C=O) groups is 2. The van der Waals surface area contributed by atoms with E-state index in [9.17, 15) is 19.7 Å². The zero-order chi connectivity index (χ0) is 24.5. The van der Waals surface area contributed by atoms with Crippen molar-refractivity contribution in [3.63, 3.8) is 0 Å².